The number of carbonyl (C=O) groups is 2. The monoisotopic (exact) mass is 291 g/mol. The molecule has 1 aromatic rings. The molecule has 2 rings (SSSR count). The first-order chi connectivity index (χ1) is 10.1. The highest BCUT2D eigenvalue weighted by molar-refractivity contribution is 5.78. The Balaban J connectivity index is 1.84. The molecule has 1 aliphatic heterocycles. The Labute approximate surface area is 124 Å². The number of benzene rings is 1. The second-order valence-electron chi connectivity index (χ2n) is 5.33. The normalized spacial score (nSPS) is 17.5. The average Bonchev–Trinajstić information content (AvgIpc) is 2.97. The molecule has 1 saturated heterocycles. The fraction of sp³-hybridized carbons (Fsp3) is 0.500. The molecule has 1 N–H and O–H groups in total. The van der Waals surface area contributed by atoms with Gasteiger partial charge in [0.25, 0.3) is 5.91 Å². The Morgan fingerprint density at radius 1 is 1.43 bits per heavy atom. The van der Waals surface area contributed by atoms with Crippen LogP contribution in [0.4, 0.5) is 0 Å². The van der Waals surface area contributed by atoms with Crippen molar-refractivity contribution in [2.45, 2.75) is 32.8 Å². The molecule has 1 aromatic carbocycles. The highest BCUT2D eigenvalue weighted by Gasteiger charge is 2.16. The maximum Gasteiger partial charge on any atom is 0.258 e. The van der Waals surface area contributed by atoms with Gasteiger partial charge in [0, 0.05) is 18.7 Å². The molecular formula is C16H21NO4. The van der Waals surface area contributed by atoms with E-state index < -0.39 is 0 Å². The highest BCUT2D eigenvalue weighted by Crippen LogP contribution is 2.24. The van der Waals surface area contributed by atoms with Gasteiger partial charge in [-0.1, -0.05) is 0 Å². The van der Waals surface area contributed by atoms with Gasteiger partial charge in [-0.3, -0.25) is 9.59 Å². The lowest BCUT2D eigenvalue weighted by molar-refractivity contribution is -0.123. The van der Waals surface area contributed by atoms with Crippen LogP contribution in [0.15, 0.2) is 12.1 Å². The molecule has 0 bridgehead atoms. The number of ether oxygens (including phenoxy) is 2. The Morgan fingerprint density at radius 3 is 2.71 bits per heavy atom. The van der Waals surface area contributed by atoms with Crippen molar-refractivity contribution in [3.8, 4) is 5.75 Å². The van der Waals surface area contributed by atoms with Crippen LogP contribution in [0.1, 0.15) is 34.3 Å². The summed E-state index contributed by atoms with van der Waals surface area (Å²) in [6, 6.07) is 3.50. The largest absolute Gasteiger partial charge is 0.483 e. The van der Waals surface area contributed by atoms with E-state index >= 15 is 0 Å². The van der Waals surface area contributed by atoms with E-state index in [-0.39, 0.29) is 18.6 Å². The van der Waals surface area contributed by atoms with Crippen LogP contribution in [-0.4, -0.2) is 38.1 Å². The van der Waals surface area contributed by atoms with Gasteiger partial charge < -0.3 is 14.8 Å². The predicted molar refractivity (Wildman–Crippen MR) is 78.8 cm³/mol. The van der Waals surface area contributed by atoms with Gasteiger partial charge in [-0.05, 0) is 49.9 Å². The van der Waals surface area contributed by atoms with Crippen LogP contribution in [0.3, 0.4) is 0 Å². The van der Waals surface area contributed by atoms with E-state index in [0.29, 0.717) is 17.9 Å². The molecule has 5 heteroatoms. The third kappa shape index (κ3) is 4.29. The van der Waals surface area contributed by atoms with Crippen LogP contribution in [-0.2, 0) is 9.53 Å². The topological polar surface area (TPSA) is 64.6 Å². The number of rotatable bonds is 6. The number of hydrogen-bond donors (Lipinski definition) is 1. The van der Waals surface area contributed by atoms with Crippen LogP contribution in [0.2, 0.25) is 0 Å². The van der Waals surface area contributed by atoms with Gasteiger partial charge in [-0.15, -0.1) is 0 Å². The second kappa shape index (κ2) is 7.22. The summed E-state index contributed by atoms with van der Waals surface area (Å²) in [5, 5.41) is 2.81. The second-order valence-corrected chi connectivity index (χ2v) is 5.33. The first kappa shape index (κ1) is 15.5. The maximum absolute atomic E-state index is 11.8. The molecule has 1 aliphatic rings. The van der Waals surface area contributed by atoms with Crippen molar-refractivity contribution in [2.24, 2.45) is 0 Å². The third-order valence-corrected chi connectivity index (χ3v) is 3.52. The first-order valence-electron chi connectivity index (χ1n) is 7.17. The van der Waals surface area contributed by atoms with Crippen LogP contribution < -0.4 is 10.1 Å². The lowest BCUT2D eigenvalue weighted by Gasteiger charge is -2.14. The minimum absolute atomic E-state index is 0.0329. The minimum atomic E-state index is -0.163. The molecule has 0 aromatic heterocycles. The summed E-state index contributed by atoms with van der Waals surface area (Å²) in [5.41, 5.74) is 2.31. The number of hydrogen-bond acceptors (Lipinski definition) is 4. The molecule has 1 amide bonds. The van der Waals surface area contributed by atoms with Crippen molar-refractivity contribution in [1.82, 2.24) is 5.32 Å². The van der Waals surface area contributed by atoms with Crippen LogP contribution in [0, 0.1) is 13.8 Å². The van der Waals surface area contributed by atoms with Crippen molar-refractivity contribution >= 4 is 12.2 Å². The zero-order chi connectivity index (χ0) is 15.2. The Morgan fingerprint density at radius 2 is 2.14 bits per heavy atom. The summed E-state index contributed by atoms with van der Waals surface area (Å²) in [6.07, 6.45) is 2.98. The summed E-state index contributed by atoms with van der Waals surface area (Å²) < 4.78 is 11.0. The quantitative estimate of drug-likeness (QED) is 0.812. The Hall–Kier alpha value is -1.88. The van der Waals surface area contributed by atoms with Crippen molar-refractivity contribution in [3.05, 3.63) is 28.8 Å². The number of aldehydes is 1. The van der Waals surface area contributed by atoms with E-state index in [4.69, 9.17) is 9.47 Å². The van der Waals surface area contributed by atoms with Crippen molar-refractivity contribution < 1.29 is 19.1 Å². The SMILES string of the molecule is Cc1cc(C=O)cc(C)c1OCC(=O)NCC1CCCO1. The number of amides is 1. The predicted octanol–water partition coefficient (Wildman–Crippen LogP) is 1.79. The molecule has 114 valence electrons. The smallest absolute Gasteiger partial charge is 0.258 e. The minimum Gasteiger partial charge on any atom is -0.483 e. The van der Waals surface area contributed by atoms with Gasteiger partial charge in [0.1, 0.15) is 12.0 Å². The summed E-state index contributed by atoms with van der Waals surface area (Å²) in [5.74, 6) is 0.497. The number of nitrogens with one attached hydrogen (secondary N) is 1. The molecule has 1 fully saturated rings. The summed E-state index contributed by atoms with van der Waals surface area (Å²) >= 11 is 0. The Kier molecular flexibility index (Phi) is 5.33. The van der Waals surface area contributed by atoms with Crippen molar-refractivity contribution in [3.63, 3.8) is 0 Å². The highest BCUT2D eigenvalue weighted by atomic mass is 16.5. The summed E-state index contributed by atoms with van der Waals surface area (Å²) in [6.45, 7) is 5.00. The molecular weight excluding hydrogens is 270 g/mol. The molecule has 0 spiro atoms. The molecule has 21 heavy (non-hydrogen) atoms. The molecule has 1 heterocycles. The maximum atomic E-state index is 11.8. The average molecular weight is 291 g/mol. The molecule has 0 aliphatic carbocycles. The fourth-order valence-electron chi connectivity index (χ4n) is 2.50. The van der Waals surface area contributed by atoms with E-state index in [1.54, 1.807) is 12.1 Å². The van der Waals surface area contributed by atoms with E-state index in [2.05, 4.69) is 5.32 Å². The molecule has 0 saturated carbocycles. The van der Waals surface area contributed by atoms with Gasteiger partial charge in [0.15, 0.2) is 6.61 Å². The van der Waals surface area contributed by atoms with E-state index in [1.165, 1.54) is 0 Å². The zero-order valence-corrected chi connectivity index (χ0v) is 12.5. The lowest BCUT2D eigenvalue weighted by Crippen LogP contribution is -2.35. The molecule has 5 nitrogen and oxygen atoms in total. The van der Waals surface area contributed by atoms with Crippen LogP contribution >= 0.6 is 0 Å². The molecule has 1 unspecified atom stereocenters. The summed E-state index contributed by atoms with van der Waals surface area (Å²) in [7, 11) is 0. The van der Waals surface area contributed by atoms with Crippen molar-refractivity contribution in [2.75, 3.05) is 19.8 Å². The van der Waals surface area contributed by atoms with Gasteiger partial charge in [0.2, 0.25) is 0 Å². The zero-order valence-electron chi connectivity index (χ0n) is 12.5. The van der Waals surface area contributed by atoms with Gasteiger partial charge >= 0.3 is 0 Å². The van der Waals surface area contributed by atoms with E-state index in [0.717, 1.165) is 36.9 Å². The van der Waals surface area contributed by atoms with Gasteiger partial charge in [0.05, 0.1) is 6.10 Å². The molecule has 0 radical (unpaired) electrons. The lowest BCUT2D eigenvalue weighted by atomic mass is 10.1. The van der Waals surface area contributed by atoms with Crippen LogP contribution in [0.25, 0.3) is 0 Å². The van der Waals surface area contributed by atoms with Crippen LogP contribution in [0.5, 0.6) is 5.75 Å². The van der Waals surface area contributed by atoms with Gasteiger partial charge in [-0.25, -0.2) is 0 Å². The van der Waals surface area contributed by atoms with Crippen molar-refractivity contribution in [1.29, 1.82) is 0 Å². The number of carbonyl (C=O) groups excluding carboxylic acids is 2. The Bertz CT molecular complexity index is 498. The number of aryl methyl sites for hydroxylation is 2. The first-order valence-corrected chi connectivity index (χ1v) is 7.17. The van der Waals surface area contributed by atoms with Gasteiger partial charge in [-0.2, -0.15) is 0 Å². The van der Waals surface area contributed by atoms with E-state index in [9.17, 15) is 9.59 Å². The summed E-state index contributed by atoms with van der Waals surface area (Å²) in [4.78, 5) is 22.6. The fourth-order valence-corrected chi connectivity index (χ4v) is 2.50. The molecule has 1 atom stereocenters. The third-order valence-electron chi connectivity index (χ3n) is 3.52. The standard InChI is InChI=1S/C16H21NO4/c1-11-6-13(9-18)7-12(2)16(11)21-10-15(19)17-8-14-4-3-5-20-14/h6-7,9,14H,3-5,8,10H2,1-2H3,(H,17,19). The van der Waals surface area contributed by atoms with E-state index in [1.807, 2.05) is 13.8 Å².